The number of thiophene rings is 1. The van der Waals surface area contributed by atoms with Crippen LogP contribution in [0, 0.1) is 0 Å². The molecule has 2 N–H and O–H groups in total. The molecule has 0 atom stereocenters. The lowest BCUT2D eigenvalue weighted by atomic mass is 10.2. The topological polar surface area (TPSA) is 65.2 Å². The van der Waals surface area contributed by atoms with Crippen molar-refractivity contribution in [1.29, 1.82) is 0 Å². The van der Waals surface area contributed by atoms with Crippen molar-refractivity contribution < 1.29 is 22.7 Å². The maximum absolute atomic E-state index is 12.5. The van der Waals surface area contributed by atoms with Crippen LogP contribution >= 0.6 is 11.3 Å². The number of aromatic nitrogens is 1. The third-order valence-electron chi connectivity index (χ3n) is 2.26. The van der Waals surface area contributed by atoms with Crippen LogP contribution in [-0.4, -0.2) is 18.1 Å². The molecule has 18 heavy (non-hydrogen) atoms. The molecule has 0 bridgehead atoms. The van der Waals surface area contributed by atoms with Gasteiger partial charge in [-0.05, 0) is 6.07 Å². The lowest BCUT2D eigenvalue weighted by Gasteiger charge is -2.04. The number of nitrogens with two attached hydrogens (primary N) is 1. The van der Waals surface area contributed by atoms with E-state index < -0.39 is 17.7 Å². The summed E-state index contributed by atoms with van der Waals surface area (Å²) in [6.45, 7) is 0. The van der Waals surface area contributed by atoms with Gasteiger partial charge in [0.2, 0.25) is 0 Å². The predicted molar refractivity (Wildman–Crippen MR) is 60.4 cm³/mol. The Kier molecular flexibility index (Phi) is 2.89. The summed E-state index contributed by atoms with van der Waals surface area (Å²) >= 11 is 0.825. The molecule has 0 saturated carbocycles. The highest BCUT2D eigenvalue weighted by Gasteiger charge is 2.32. The van der Waals surface area contributed by atoms with Crippen LogP contribution < -0.4 is 5.73 Å². The van der Waals surface area contributed by atoms with Gasteiger partial charge in [-0.3, -0.25) is 4.98 Å². The standard InChI is InChI=1S/C10H7F3N2O2S/c1-17-9(16)8-6(14)7-5(18-8)2-4(3-15-7)10(11,12)13/h2-3H,14H2,1H3. The van der Waals surface area contributed by atoms with E-state index in [1.54, 1.807) is 0 Å². The molecule has 96 valence electrons. The van der Waals surface area contributed by atoms with Crippen LogP contribution in [-0.2, 0) is 10.9 Å². The number of esters is 1. The van der Waals surface area contributed by atoms with Gasteiger partial charge in [0.25, 0.3) is 0 Å². The summed E-state index contributed by atoms with van der Waals surface area (Å²) in [4.78, 5) is 15.0. The number of pyridine rings is 1. The second kappa shape index (κ2) is 4.13. The number of ether oxygens (including phenoxy) is 1. The highest BCUT2D eigenvalue weighted by Crippen LogP contribution is 2.36. The summed E-state index contributed by atoms with van der Waals surface area (Å²) < 4.78 is 42.2. The summed E-state index contributed by atoms with van der Waals surface area (Å²) in [5, 5.41) is 0. The van der Waals surface area contributed by atoms with Crippen LogP contribution in [0.25, 0.3) is 10.2 Å². The Morgan fingerprint density at radius 3 is 2.72 bits per heavy atom. The van der Waals surface area contributed by atoms with Crippen molar-refractivity contribution in [2.45, 2.75) is 6.18 Å². The number of halogens is 3. The van der Waals surface area contributed by atoms with Crippen molar-refractivity contribution >= 4 is 33.2 Å². The molecule has 0 saturated heterocycles. The molecule has 2 aromatic heterocycles. The SMILES string of the molecule is COC(=O)c1sc2cc(C(F)(F)F)cnc2c1N. The van der Waals surface area contributed by atoms with Crippen molar-refractivity contribution in [2.75, 3.05) is 12.8 Å². The van der Waals surface area contributed by atoms with Gasteiger partial charge in [-0.15, -0.1) is 11.3 Å². The van der Waals surface area contributed by atoms with E-state index in [2.05, 4.69) is 9.72 Å². The average Bonchev–Trinajstić information content (AvgIpc) is 2.64. The molecule has 0 amide bonds. The van der Waals surface area contributed by atoms with E-state index in [9.17, 15) is 18.0 Å². The van der Waals surface area contributed by atoms with E-state index in [0.29, 0.717) is 6.20 Å². The molecule has 2 rings (SSSR count). The minimum atomic E-state index is -4.48. The fourth-order valence-corrected chi connectivity index (χ4v) is 2.43. The van der Waals surface area contributed by atoms with Crippen molar-refractivity contribution in [2.24, 2.45) is 0 Å². The Labute approximate surface area is 103 Å². The number of carbonyl (C=O) groups is 1. The van der Waals surface area contributed by atoms with E-state index in [1.807, 2.05) is 0 Å². The molecular formula is C10H7F3N2O2S. The summed E-state index contributed by atoms with van der Waals surface area (Å²) in [7, 11) is 1.17. The molecule has 0 aliphatic rings. The van der Waals surface area contributed by atoms with Crippen LogP contribution in [0.5, 0.6) is 0 Å². The smallest absolute Gasteiger partial charge is 0.417 e. The number of fused-ring (bicyclic) bond motifs is 1. The number of methoxy groups -OCH3 is 1. The second-order valence-electron chi connectivity index (χ2n) is 3.40. The van der Waals surface area contributed by atoms with Crippen LogP contribution in [0.3, 0.4) is 0 Å². The fourth-order valence-electron chi connectivity index (χ4n) is 1.40. The zero-order valence-electron chi connectivity index (χ0n) is 9.04. The molecule has 0 spiro atoms. The number of alkyl halides is 3. The molecule has 0 aromatic carbocycles. The first-order valence-corrected chi connectivity index (χ1v) is 5.49. The minimum Gasteiger partial charge on any atom is -0.465 e. The number of anilines is 1. The van der Waals surface area contributed by atoms with E-state index in [1.165, 1.54) is 7.11 Å². The number of carbonyl (C=O) groups excluding carboxylic acids is 1. The molecule has 8 heteroatoms. The van der Waals surface area contributed by atoms with Gasteiger partial charge in [0.15, 0.2) is 0 Å². The highest BCUT2D eigenvalue weighted by atomic mass is 32.1. The summed E-state index contributed by atoms with van der Waals surface area (Å²) in [5.41, 5.74) is 4.97. The second-order valence-corrected chi connectivity index (χ2v) is 4.46. The Morgan fingerprint density at radius 1 is 1.50 bits per heavy atom. The van der Waals surface area contributed by atoms with Gasteiger partial charge in [0.05, 0.1) is 23.1 Å². The predicted octanol–water partition coefficient (Wildman–Crippen LogP) is 2.68. The number of rotatable bonds is 1. The summed E-state index contributed by atoms with van der Waals surface area (Å²) in [6, 6.07) is 0.912. The Balaban J connectivity index is 2.62. The average molecular weight is 276 g/mol. The van der Waals surface area contributed by atoms with Gasteiger partial charge in [-0.1, -0.05) is 0 Å². The molecule has 4 nitrogen and oxygen atoms in total. The first kappa shape index (κ1) is 12.6. The van der Waals surface area contributed by atoms with Gasteiger partial charge in [0, 0.05) is 6.20 Å². The van der Waals surface area contributed by atoms with E-state index in [4.69, 9.17) is 5.73 Å². The van der Waals surface area contributed by atoms with Crippen molar-refractivity contribution in [3.63, 3.8) is 0 Å². The van der Waals surface area contributed by atoms with Gasteiger partial charge >= 0.3 is 12.1 Å². The lowest BCUT2D eigenvalue weighted by Crippen LogP contribution is -2.05. The largest absolute Gasteiger partial charge is 0.465 e. The lowest BCUT2D eigenvalue weighted by molar-refractivity contribution is -0.137. The number of hydrogen-bond donors (Lipinski definition) is 1. The van der Waals surface area contributed by atoms with E-state index >= 15 is 0 Å². The molecule has 0 fully saturated rings. The van der Waals surface area contributed by atoms with Crippen LogP contribution in [0.4, 0.5) is 18.9 Å². The van der Waals surface area contributed by atoms with Crippen molar-refractivity contribution in [1.82, 2.24) is 4.98 Å². The number of nitrogens with zero attached hydrogens (tertiary/aromatic N) is 1. The zero-order valence-corrected chi connectivity index (χ0v) is 9.85. The number of nitrogen functional groups attached to an aromatic ring is 1. The molecule has 0 radical (unpaired) electrons. The van der Waals surface area contributed by atoms with Crippen LogP contribution in [0.1, 0.15) is 15.2 Å². The Hall–Kier alpha value is -1.83. The van der Waals surface area contributed by atoms with E-state index in [0.717, 1.165) is 17.4 Å². The fraction of sp³-hybridized carbons (Fsp3) is 0.200. The first-order chi connectivity index (χ1) is 8.34. The molecule has 0 aliphatic carbocycles. The molecule has 0 unspecified atom stereocenters. The van der Waals surface area contributed by atoms with Crippen LogP contribution in [0.15, 0.2) is 12.3 Å². The van der Waals surface area contributed by atoms with Gasteiger partial charge in [-0.25, -0.2) is 4.79 Å². The quantitative estimate of drug-likeness (QED) is 0.813. The van der Waals surface area contributed by atoms with Crippen LogP contribution in [0.2, 0.25) is 0 Å². The van der Waals surface area contributed by atoms with Gasteiger partial charge < -0.3 is 10.5 Å². The first-order valence-electron chi connectivity index (χ1n) is 4.68. The molecule has 0 aliphatic heterocycles. The monoisotopic (exact) mass is 276 g/mol. The third kappa shape index (κ3) is 1.99. The summed E-state index contributed by atoms with van der Waals surface area (Å²) in [6.07, 6.45) is -3.79. The number of hydrogen-bond acceptors (Lipinski definition) is 5. The summed E-state index contributed by atoms with van der Waals surface area (Å²) in [5.74, 6) is -0.691. The van der Waals surface area contributed by atoms with Crippen molar-refractivity contribution in [3.8, 4) is 0 Å². The molecule has 2 heterocycles. The third-order valence-corrected chi connectivity index (χ3v) is 3.38. The van der Waals surface area contributed by atoms with Gasteiger partial charge in [-0.2, -0.15) is 13.2 Å². The Morgan fingerprint density at radius 2 is 2.17 bits per heavy atom. The van der Waals surface area contributed by atoms with E-state index in [-0.39, 0.29) is 20.8 Å². The van der Waals surface area contributed by atoms with Gasteiger partial charge in [0.1, 0.15) is 10.4 Å². The zero-order chi connectivity index (χ0) is 13.5. The minimum absolute atomic E-state index is 0.0376. The van der Waals surface area contributed by atoms with Crippen molar-refractivity contribution in [3.05, 3.63) is 22.7 Å². The maximum atomic E-state index is 12.5. The maximum Gasteiger partial charge on any atom is 0.417 e. The molecular weight excluding hydrogens is 269 g/mol. The molecule has 2 aromatic rings. The highest BCUT2D eigenvalue weighted by molar-refractivity contribution is 7.21. The normalized spacial score (nSPS) is 11.8. The Bertz CT molecular complexity index is 621.